The third-order valence-corrected chi connectivity index (χ3v) is 4.85. The van der Waals surface area contributed by atoms with Crippen LogP contribution in [0.2, 0.25) is 0 Å². The summed E-state index contributed by atoms with van der Waals surface area (Å²) in [5.74, 6) is -0.652. The first-order valence-corrected chi connectivity index (χ1v) is 9.14. The van der Waals surface area contributed by atoms with Gasteiger partial charge < -0.3 is 0 Å². The van der Waals surface area contributed by atoms with Crippen LogP contribution in [0.4, 0.5) is 17.6 Å². The molecule has 0 aliphatic heterocycles. The molecule has 31 heavy (non-hydrogen) atoms. The molecule has 0 atom stereocenters. The minimum atomic E-state index is -4.68. The van der Waals surface area contributed by atoms with E-state index in [1.165, 1.54) is 41.1 Å². The number of benzene rings is 3. The van der Waals surface area contributed by atoms with E-state index < -0.39 is 23.0 Å². The van der Waals surface area contributed by atoms with E-state index in [1.807, 2.05) is 6.07 Å². The molecule has 0 radical (unpaired) electrons. The second-order valence-electron chi connectivity index (χ2n) is 6.81. The molecule has 154 valence electrons. The molecule has 0 saturated heterocycles. The zero-order chi connectivity index (χ0) is 22.2. The van der Waals surface area contributed by atoms with E-state index in [4.69, 9.17) is 5.26 Å². The topological polar surface area (TPSA) is 58.7 Å². The molecule has 4 nitrogen and oxygen atoms in total. The van der Waals surface area contributed by atoms with Gasteiger partial charge in [0, 0.05) is 16.5 Å². The van der Waals surface area contributed by atoms with Gasteiger partial charge in [-0.1, -0.05) is 36.4 Å². The molecule has 0 amide bonds. The van der Waals surface area contributed by atoms with Gasteiger partial charge in [0.2, 0.25) is 5.43 Å². The first-order valence-electron chi connectivity index (χ1n) is 9.14. The molecule has 0 aliphatic carbocycles. The largest absolute Gasteiger partial charge is 0.417 e. The number of nitrogens with zero attached hydrogens (tertiary/aromatic N) is 3. The Balaban J connectivity index is 1.96. The van der Waals surface area contributed by atoms with Gasteiger partial charge in [-0.2, -0.15) is 23.5 Å². The Morgan fingerprint density at radius 3 is 2.42 bits per heavy atom. The Labute approximate surface area is 173 Å². The number of hydrogen-bond donors (Lipinski definition) is 0. The zero-order valence-corrected chi connectivity index (χ0v) is 15.8. The number of hydrogen-bond acceptors (Lipinski definition) is 3. The molecule has 0 spiro atoms. The lowest BCUT2D eigenvalue weighted by atomic mass is 10.0. The molecular formula is C23H13F4N3O. The van der Waals surface area contributed by atoms with Crippen LogP contribution in [-0.2, 0) is 12.7 Å². The molecule has 3 aromatic carbocycles. The van der Waals surface area contributed by atoms with E-state index in [2.05, 4.69) is 5.10 Å². The maximum Gasteiger partial charge on any atom is 0.417 e. The smallest absolute Gasteiger partial charge is 0.287 e. The minimum Gasteiger partial charge on any atom is -0.287 e. The maximum atomic E-state index is 14.4. The zero-order valence-electron chi connectivity index (χ0n) is 15.8. The summed E-state index contributed by atoms with van der Waals surface area (Å²) in [6.45, 7) is -0.139. The second kappa shape index (κ2) is 7.69. The average Bonchev–Trinajstić information content (AvgIpc) is 2.76. The van der Waals surface area contributed by atoms with Crippen LogP contribution in [0.1, 0.15) is 16.7 Å². The predicted octanol–water partition coefficient (Wildman–Crippen LogP) is 5.14. The van der Waals surface area contributed by atoms with Crippen LogP contribution in [-0.4, -0.2) is 9.78 Å². The van der Waals surface area contributed by atoms with Crippen molar-refractivity contribution in [2.75, 3.05) is 0 Å². The lowest BCUT2D eigenvalue weighted by Crippen LogP contribution is -2.19. The van der Waals surface area contributed by atoms with Gasteiger partial charge in [0.25, 0.3) is 0 Å². The fourth-order valence-corrected chi connectivity index (χ4v) is 3.38. The number of fused-ring (bicyclic) bond motifs is 1. The van der Waals surface area contributed by atoms with Crippen LogP contribution >= 0.6 is 0 Å². The van der Waals surface area contributed by atoms with Crippen molar-refractivity contribution in [1.82, 2.24) is 9.78 Å². The van der Waals surface area contributed by atoms with Crippen molar-refractivity contribution in [2.45, 2.75) is 12.7 Å². The molecule has 0 saturated carbocycles. The van der Waals surface area contributed by atoms with Crippen LogP contribution in [0.25, 0.3) is 22.2 Å². The summed E-state index contributed by atoms with van der Waals surface area (Å²) in [4.78, 5) is 13.0. The Morgan fingerprint density at radius 2 is 1.71 bits per heavy atom. The molecular weight excluding hydrogens is 410 g/mol. The summed E-state index contributed by atoms with van der Waals surface area (Å²) in [6, 6.07) is 16.8. The number of halogens is 4. The van der Waals surface area contributed by atoms with Crippen molar-refractivity contribution in [3.05, 3.63) is 99.5 Å². The predicted molar refractivity (Wildman–Crippen MR) is 107 cm³/mol. The van der Waals surface area contributed by atoms with Gasteiger partial charge in [0.1, 0.15) is 11.5 Å². The van der Waals surface area contributed by atoms with Crippen molar-refractivity contribution < 1.29 is 17.6 Å². The van der Waals surface area contributed by atoms with E-state index in [9.17, 15) is 22.4 Å². The molecule has 1 heterocycles. The SMILES string of the molecule is N#Cc1ccc(Cn2nc(-c3ccccc3C(F)(F)F)c(=O)c3ccccc32)c(F)c1. The van der Waals surface area contributed by atoms with Crippen molar-refractivity contribution in [2.24, 2.45) is 0 Å². The Morgan fingerprint density at radius 1 is 1.00 bits per heavy atom. The third kappa shape index (κ3) is 3.78. The first-order chi connectivity index (χ1) is 14.8. The summed E-state index contributed by atoms with van der Waals surface area (Å²) in [5.41, 5.74) is -1.69. The van der Waals surface area contributed by atoms with E-state index in [-0.39, 0.29) is 34.3 Å². The highest BCUT2D eigenvalue weighted by Crippen LogP contribution is 2.35. The van der Waals surface area contributed by atoms with Gasteiger partial charge in [-0.25, -0.2) is 4.39 Å². The molecule has 4 rings (SSSR count). The fourth-order valence-electron chi connectivity index (χ4n) is 3.38. The molecule has 4 aromatic rings. The summed E-state index contributed by atoms with van der Waals surface area (Å²) in [7, 11) is 0. The molecule has 8 heteroatoms. The van der Waals surface area contributed by atoms with Gasteiger partial charge in [0.05, 0.1) is 29.3 Å². The molecule has 0 fully saturated rings. The van der Waals surface area contributed by atoms with E-state index >= 15 is 0 Å². The maximum absolute atomic E-state index is 14.4. The third-order valence-electron chi connectivity index (χ3n) is 4.85. The highest BCUT2D eigenvalue weighted by molar-refractivity contribution is 5.82. The standard InChI is InChI=1S/C23H13F4N3O/c24-19-11-14(12-28)9-10-15(19)13-30-20-8-4-2-6-17(20)22(31)21(29-30)16-5-1-3-7-18(16)23(25,26)27/h1-11H,13H2. The summed E-state index contributed by atoms with van der Waals surface area (Å²) in [6.07, 6.45) is -4.68. The van der Waals surface area contributed by atoms with E-state index in [0.29, 0.717) is 5.52 Å². The summed E-state index contributed by atoms with van der Waals surface area (Å²) >= 11 is 0. The van der Waals surface area contributed by atoms with Crippen molar-refractivity contribution in [1.29, 1.82) is 5.26 Å². The molecule has 0 aliphatic rings. The molecule has 0 unspecified atom stereocenters. The monoisotopic (exact) mass is 423 g/mol. The van der Waals surface area contributed by atoms with Crippen molar-refractivity contribution >= 4 is 10.9 Å². The Kier molecular flexibility index (Phi) is 5.03. The first kappa shape index (κ1) is 20.3. The number of rotatable bonds is 3. The van der Waals surface area contributed by atoms with Crippen molar-refractivity contribution in [3.63, 3.8) is 0 Å². The van der Waals surface area contributed by atoms with Crippen LogP contribution in [0.5, 0.6) is 0 Å². The molecule has 0 bridgehead atoms. The van der Waals surface area contributed by atoms with Crippen LogP contribution in [0, 0.1) is 17.1 Å². The van der Waals surface area contributed by atoms with Crippen LogP contribution in [0.15, 0.2) is 71.5 Å². The number of alkyl halides is 3. The van der Waals surface area contributed by atoms with Gasteiger partial charge >= 0.3 is 6.18 Å². The van der Waals surface area contributed by atoms with E-state index in [1.54, 1.807) is 18.2 Å². The average molecular weight is 423 g/mol. The highest BCUT2D eigenvalue weighted by Gasteiger charge is 2.34. The van der Waals surface area contributed by atoms with Gasteiger partial charge in [-0.3, -0.25) is 9.48 Å². The Hall–Kier alpha value is -3.99. The van der Waals surface area contributed by atoms with Gasteiger partial charge in [0.15, 0.2) is 0 Å². The van der Waals surface area contributed by atoms with Crippen LogP contribution in [0.3, 0.4) is 0 Å². The number of nitriles is 1. The summed E-state index contributed by atoms with van der Waals surface area (Å²) < 4.78 is 56.4. The number of para-hydroxylation sites is 1. The van der Waals surface area contributed by atoms with Crippen molar-refractivity contribution in [3.8, 4) is 17.3 Å². The lowest BCUT2D eigenvalue weighted by molar-refractivity contribution is -0.137. The second-order valence-corrected chi connectivity index (χ2v) is 6.81. The van der Waals surface area contributed by atoms with Gasteiger partial charge in [-0.05, 0) is 30.3 Å². The minimum absolute atomic E-state index is 0.138. The quantitative estimate of drug-likeness (QED) is 0.429. The fraction of sp³-hybridized carbons (Fsp3) is 0.0870. The highest BCUT2D eigenvalue weighted by atomic mass is 19.4. The number of aromatic nitrogens is 2. The molecule has 0 N–H and O–H groups in total. The van der Waals surface area contributed by atoms with Gasteiger partial charge in [-0.15, -0.1) is 0 Å². The molecule has 1 aromatic heterocycles. The normalized spacial score (nSPS) is 11.5. The van der Waals surface area contributed by atoms with E-state index in [0.717, 1.165) is 12.1 Å². The Bertz CT molecular complexity index is 1400. The van der Waals surface area contributed by atoms with Crippen LogP contribution < -0.4 is 5.43 Å². The lowest BCUT2D eigenvalue weighted by Gasteiger charge is -2.15. The summed E-state index contributed by atoms with van der Waals surface area (Å²) in [5, 5.41) is 13.3.